The van der Waals surface area contributed by atoms with Crippen LogP contribution < -0.4 is 0 Å². The second-order valence-electron chi connectivity index (χ2n) is 5.68. The molecule has 0 spiro atoms. The van der Waals surface area contributed by atoms with Gasteiger partial charge in [0.05, 0.1) is 36.3 Å². The van der Waals surface area contributed by atoms with E-state index in [9.17, 15) is 14.4 Å². The monoisotopic (exact) mass is 390 g/mol. The normalized spacial score (nSPS) is 15.6. The summed E-state index contributed by atoms with van der Waals surface area (Å²) in [6.07, 6.45) is 5.01. The smallest absolute Gasteiger partial charge is 0.343 e. The molecule has 2 aromatic rings. The predicted molar refractivity (Wildman–Crippen MR) is 96.9 cm³/mol. The number of aryl methyl sites for hydroxylation is 1. The summed E-state index contributed by atoms with van der Waals surface area (Å²) in [6, 6.07) is 1.72. The van der Waals surface area contributed by atoms with Gasteiger partial charge in [-0.3, -0.25) is 4.79 Å². The number of carbonyl (C=O) groups excluding carboxylic acids is 3. The van der Waals surface area contributed by atoms with Crippen LogP contribution in [0.3, 0.4) is 0 Å². The minimum absolute atomic E-state index is 0.0934. The van der Waals surface area contributed by atoms with Gasteiger partial charge in [-0.25, -0.2) is 19.1 Å². The van der Waals surface area contributed by atoms with E-state index in [1.54, 1.807) is 25.4 Å². The first-order valence-corrected chi connectivity index (χ1v) is 9.19. The number of ether oxygens (including phenoxy) is 2. The Hall–Kier alpha value is -2.88. The highest BCUT2D eigenvalue weighted by Crippen LogP contribution is 2.28. The van der Waals surface area contributed by atoms with Crippen LogP contribution in [0.1, 0.15) is 22.5 Å². The fraction of sp³-hybridized carbons (Fsp3) is 0.353. The zero-order valence-electron chi connectivity index (χ0n) is 14.9. The summed E-state index contributed by atoms with van der Waals surface area (Å²) in [7, 11) is 1.28. The van der Waals surface area contributed by atoms with Crippen LogP contribution in [0.5, 0.6) is 0 Å². The largest absolute Gasteiger partial charge is 0.466 e. The standard InChI is InChI=1S/C17H18N4O5S/c1-11-15(16-18-5-3-7-21(16)19-11)17(24)26-8-4-6-20-12(22)10-27-13(20)9-14(23)25-2/h3,5,7,9H,4,6,8,10H2,1-2H3/b13-9+. The minimum atomic E-state index is -0.514. The van der Waals surface area contributed by atoms with Crippen LogP contribution in [0.25, 0.3) is 5.65 Å². The third-order valence-corrected chi connectivity index (χ3v) is 4.91. The van der Waals surface area contributed by atoms with E-state index in [-0.39, 0.29) is 18.3 Å². The molecule has 1 aliphatic heterocycles. The average molecular weight is 390 g/mol. The number of methoxy groups -OCH3 is 1. The molecule has 27 heavy (non-hydrogen) atoms. The van der Waals surface area contributed by atoms with Crippen LogP contribution in [0.2, 0.25) is 0 Å². The lowest BCUT2D eigenvalue weighted by Crippen LogP contribution is -2.27. The molecule has 1 amide bonds. The topological polar surface area (TPSA) is 103 Å². The molecular weight excluding hydrogens is 372 g/mol. The SMILES string of the molecule is COC(=O)/C=C1/SCC(=O)N1CCCOC(=O)c1c(C)nn2cccnc12. The van der Waals surface area contributed by atoms with Crippen molar-refractivity contribution in [3.05, 3.63) is 40.8 Å². The highest BCUT2D eigenvalue weighted by molar-refractivity contribution is 8.04. The lowest BCUT2D eigenvalue weighted by molar-refractivity contribution is -0.134. The molecule has 0 bridgehead atoms. The van der Waals surface area contributed by atoms with Crippen LogP contribution in [-0.2, 0) is 19.1 Å². The second-order valence-corrected chi connectivity index (χ2v) is 6.67. The number of hydrogen-bond acceptors (Lipinski definition) is 8. The van der Waals surface area contributed by atoms with Gasteiger partial charge in [-0.2, -0.15) is 5.10 Å². The van der Waals surface area contributed by atoms with Gasteiger partial charge in [0.2, 0.25) is 5.91 Å². The molecular formula is C17H18N4O5S. The van der Waals surface area contributed by atoms with Gasteiger partial charge in [-0.05, 0) is 19.4 Å². The van der Waals surface area contributed by atoms with Crippen LogP contribution in [-0.4, -0.2) is 63.4 Å². The maximum absolute atomic E-state index is 12.4. The molecule has 1 fully saturated rings. The molecule has 2 aromatic heterocycles. The van der Waals surface area contributed by atoms with Crippen molar-refractivity contribution in [1.82, 2.24) is 19.5 Å². The average Bonchev–Trinajstić information content (AvgIpc) is 3.17. The fourth-order valence-corrected chi connectivity index (χ4v) is 3.58. The quantitative estimate of drug-likeness (QED) is 0.411. The number of esters is 2. The Bertz CT molecular complexity index is 923. The summed E-state index contributed by atoms with van der Waals surface area (Å²) >= 11 is 1.28. The van der Waals surface area contributed by atoms with Crippen molar-refractivity contribution in [3.63, 3.8) is 0 Å². The van der Waals surface area contributed by atoms with E-state index in [2.05, 4.69) is 14.8 Å². The van der Waals surface area contributed by atoms with Crippen LogP contribution in [0.15, 0.2) is 29.6 Å². The number of thioether (sulfide) groups is 1. The number of amides is 1. The lowest BCUT2D eigenvalue weighted by atomic mass is 10.2. The molecule has 1 saturated heterocycles. The van der Waals surface area contributed by atoms with E-state index < -0.39 is 11.9 Å². The molecule has 0 N–H and O–H groups in total. The number of rotatable bonds is 6. The molecule has 3 rings (SSSR count). The summed E-state index contributed by atoms with van der Waals surface area (Å²) in [5.41, 5.74) is 1.30. The highest BCUT2D eigenvalue weighted by Gasteiger charge is 2.27. The maximum Gasteiger partial charge on any atom is 0.343 e. The Morgan fingerprint density at radius 2 is 2.22 bits per heavy atom. The zero-order chi connectivity index (χ0) is 19.4. The summed E-state index contributed by atoms with van der Waals surface area (Å²) in [5.74, 6) is -0.840. The Labute approximate surface area is 159 Å². The van der Waals surface area contributed by atoms with Gasteiger partial charge in [0, 0.05) is 18.9 Å². The number of nitrogens with zero attached hydrogens (tertiary/aromatic N) is 4. The molecule has 1 aliphatic rings. The van der Waals surface area contributed by atoms with E-state index in [4.69, 9.17) is 4.74 Å². The van der Waals surface area contributed by atoms with Gasteiger partial charge >= 0.3 is 11.9 Å². The van der Waals surface area contributed by atoms with E-state index >= 15 is 0 Å². The third-order valence-electron chi connectivity index (χ3n) is 3.89. The molecule has 0 atom stereocenters. The van der Waals surface area contributed by atoms with Gasteiger partial charge < -0.3 is 14.4 Å². The first-order valence-electron chi connectivity index (χ1n) is 8.21. The van der Waals surface area contributed by atoms with E-state index in [0.717, 1.165) is 0 Å². The molecule has 0 aromatic carbocycles. The van der Waals surface area contributed by atoms with Crippen LogP contribution in [0, 0.1) is 6.92 Å². The van der Waals surface area contributed by atoms with Crippen molar-refractivity contribution < 1.29 is 23.9 Å². The Morgan fingerprint density at radius 3 is 3.00 bits per heavy atom. The van der Waals surface area contributed by atoms with Crippen molar-refractivity contribution in [2.75, 3.05) is 26.0 Å². The highest BCUT2D eigenvalue weighted by atomic mass is 32.2. The summed E-state index contributed by atoms with van der Waals surface area (Å²) in [6.45, 7) is 2.19. The van der Waals surface area contributed by atoms with Gasteiger partial charge in [0.1, 0.15) is 5.56 Å². The van der Waals surface area contributed by atoms with Crippen LogP contribution in [0.4, 0.5) is 0 Å². The van der Waals surface area contributed by atoms with Crippen molar-refractivity contribution in [2.24, 2.45) is 0 Å². The summed E-state index contributed by atoms with van der Waals surface area (Å²) in [5, 5.41) is 4.77. The van der Waals surface area contributed by atoms with Crippen molar-refractivity contribution in [3.8, 4) is 0 Å². The molecule has 3 heterocycles. The van der Waals surface area contributed by atoms with Crippen molar-refractivity contribution in [1.29, 1.82) is 0 Å². The van der Waals surface area contributed by atoms with E-state index in [1.165, 1.54) is 34.4 Å². The Morgan fingerprint density at radius 1 is 1.41 bits per heavy atom. The van der Waals surface area contributed by atoms with Crippen molar-refractivity contribution in [2.45, 2.75) is 13.3 Å². The summed E-state index contributed by atoms with van der Waals surface area (Å²) < 4.78 is 11.4. The minimum Gasteiger partial charge on any atom is -0.466 e. The number of carbonyl (C=O) groups is 3. The first kappa shape index (κ1) is 18.9. The number of aromatic nitrogens is 3. The Balaban J connectivity index is 1.57. The molecule has 0 unspecified atom stereocenters. The molecule has 142 valence electrons. The van der Waals surface area contributed by atoms with Crippen molar-refractivity contribution >= 4 is 35.3 Å². The first-order chi connectivity index (χ1) is 13.0. The van der Waals surface area contributed by atoms with Gasteiger partial charge in [0.25, 0.3) is 0 Å². The van der Waals surface area contributed by atoms with E-state index in [1.807, 2.05) is 0 Å². The second kappa shape index (κ2) is 8.21. The maximum atomic E-state index is 12.4. The number of hydrogen-bond donors (Lipinski definition) is 0. The zero-order valence-corrected chi connectivity index (χ0v) is 15.7. The molecule has 0 aliphatic carbocycles. The molecule has 9 nitrogen and oxygen atoms in total. The molecule has 10 heteroatoms. The van der Waals surface area contributed by atoms with Crippen LogP contribution >= 0.6 is 11.8 Å². The van der Waals surface area contributed by atoms with Gasteiger partial charge in [-0.1, -0.05) is 11.8 Å². The van der Waals surface area contributed by atoms with Gasteiger partial charge in [0.15, 0.2) is 5.65 Å². The predicted octanol–water partition coefficient (Wildman–Crippen LogP) is 1.17. The number of fused-ring (bicyclic) bond motifs is 1. The Kier molecular flexibility index (Phi) is 5.75. The fourth-order valence-electron chi connectivity index (χ4n) is 2.62. The third kappa shape index (κ3) is 4.11. The molecule has 0 saturated carbocycles. The van der Waals surface area contributed by atoms with Gasteiger partial charge in [-0.15, -0.1) is 0 Å². The summed E-state index contributed by atoms with van der Waals surface area (Å²) in [4.78, 5) is 41.4. The lowest BCUT2D eigenvalue weighted by Gasteiger charge is -2.16. The molecule has 0 radical (unpaired) electrons. The van der Waals surface area contributed by atoms with E-state index in [0.29, 0.717) is 34.9 Å².